The Morgan fingerprint density at radius 3 is 1.96 bits per heavy atom. The lowest BCUT2D eigenvalue weighted by Gasteiger charge is -2.14. The Kier molecular flexibility index (Phi) is 4.50. The van der Waals surface area contributed by atoms with Gasteiger partial charge in [-0.2, -0.15) is 26.3 Å². The van der Waals surface area contributed by atoms with E-state index in [9.17, 15) is 26.3 Å². The molecule has 0 saturated heterocycles. The zero-order valence-corrected chi connectivity index (χ0v) is 13.7. The predicted molar refractivity (Wildman–Crippen MR) is 87.7 cm³/mol. The number of alkyl halides is 6. The van der Waals surface area contributed by atoms with Crippen LogP contribution >= 0.6 is 0 Å². The summed E-state index contributed by atoms with van der Waals surface area (Å²) >= 11 is 0. The summed E-state index contributed by atoms with van der Waals surface area (Å²) < 4.78 is 78.8. The maximum atomic E-state index is 13.1. The van der Waals surface area contributed by atoms with Gasteiger partial charge in [0.1, 0.15) is 0 Å². The summed E-state index contributed by atoms with van der Waals surface area (Å²) in [6, 6.07) is 8.76. The maximum absolute atomic E-state index is 13.1. The molecule has 0 spiro atoms. The Morgan fingerprint density at radius 2 is 1.42 bits per heavy atom. The van der Waals surface area contributed by atoms with E-state index in [1.54, 1.807) is 24.3 Å². The van der Waals surface area contributed by atoms with Gasteiger partial charge in [-0.25, -0.2) is 0 Å². The van der Waals surface area contributed by atoms with Crippen LogP contribution in [0.15, 0.2) is 42.5 Å². The van der Waals surface area contributed by atoms with Gasteiger partial charge in [-0.3, -0.25) is 0 Å². The standard InChI is InChI=1S/C19H15F6N/c1-2-5-15-14-6-3-4-7-16(14)26-17(15)11-8-12(18(20,21)22)10-13(9-11)19(23,24)25/h3-4,6-10,26H,2,5H2,1H3. The third kappa shape index (κ3) is 3.43. The van der Waals surface area contributed by atoms with Crippen LogP contribution in [-0.4, -0.2) is 4.98 Å². The molecule has 3 rings (SSSR count). The molecule has 1 aromatic heterocycles. The summed E-state index contributed by atoms with van der Waals surface area (Å²) in [7, 11) is 0. The summed E-state index contributed by atoms with van der Waals surface area (Å²) in [4.78, 5) is 2.99. The topological polar surface area (TPSA) is 15.8 Å². The van der Waals surface area contributed by atoms with E-state index in [0.29, 0.717) is 24.1 Å². The minimum absolute atomic E-state index is 0.119. The second kappa shape index (κ2) is 6.37. The average molecular weight is 371 g/mol. The lowest BCUT2D eigenvalue weighted by molar-refractivity contribution is -0.143. The second-order valence-corrected chi connectivity index (χ2v) is 6.07. The number of fused-ring (bicyclic) bond motifs is 1. The first-order valence-electron chi connectivity index (χ1n) is 8.00. The van der Waals surface area contributed by atoms with Crippen molar-refractivity contribution in [1.82, 2.24) is 4.98 Å². The Labute approximate surface area is 145 Å². The fraction of sp³-hybridized carbons (Fsp3) is 0.263. The third-order valence-electron chi connectivity index (χ3n) is 4.19. The quantitative estimate of drug-likeness (QED) is 0.486. The number of halogens is 6. The summed E-state index contributed by atoms with van der Waals surface area (Å²) in [5.41, 5.74) is -1.06. The van der Waals surface area contributed by atoms with E-state index in [1.165, 1.54) is 0 Å². The van der Waals surface area contributed by atoms with E-state index in [4.69, 9.17) is 0 Å². The molecular weight excluding hydrogens is 356 g/mol. The van der Waals surface area contributed by atoms with Crippen LogP contribution in [0.25, 0.3) is 22.2 Å². The number of aromatic nitrogens is 1. The fourth-order valence-electron chi connectivity index (χ4n) is 3.06. The van der Waals surface area contributed by atoms with Crippen molar-refractivity contribution in [1.29, 1.82) is 0 Å². The van der Waals surface area contributed by atoms with Crippen molar-refractivity contribution in [3.63, 3.8) is 0 Å². The molecule has 138 valence electrons. The normalized spacial score (nSPS) is 12.7. The number of benzene rings is 2. The summed E-state index contributed by atoms with van der Waals surface area (Å²) in [6.45, 7) is 1.90. The largest absolute Gasteiger partial charge is 0.416 e. The summed E-state index contributed by atoms with van der Waals surface area (Å²) in [6.07, 6.45) is -8.49. The number of hydrogen-bond donors (Lipinski definition) is 1. The molecule has 0 aliphatic heterocycles. The molecule has 0 bridgehead atoms. The van der Waals surface area contributed by atoms with Crippen LogP contribution in [0.2, 0.25) is 0 Å². The van der Waals surface area contributed by atoms with Crippen LogP contribution in [0.5, 0.6) is 0 Å². The zero-order chi connectivity index (χ0) is 19.1. The van der Waals surface area contributed by atoms with Gasteiger partial charge in [0, 0.05) is 16.6 Å². The SMILES string of the molecule is CCCc1c(-c2cc(C(F)(F)F)cc(C(F)(F)F)c2)[nH]c2ccccc12. The number of aryl methyl sites for hydroxylation is 1. The van der Waals surface area contributed by atoms with Crippen LogP contribution in [-0.2, 0) is 18.8 Å². The monoisotopic (exact) mass is 371 g/mol. The van der Waals surface area contributed by atoms with E-state index in [-0.39, 0.29) is 11.6 Å². The third-order valence-corrected chi connectivity index (χ3v) is 4.19. The molecule has 0 atom stereocenters. The Bertz CT molecular complexity index is 901. The minimum Gasteiger partial charge on any atom is -0.354 e. The molecule has 1 heterocycles. The molecule has 1 nitrogen and oxygen atoms in total. The molecule has 0 fully saturated rings. The van der Waals surface area contributed by atoms with Crippen LogP contribution in [0.1, 0.15) is 30.0 Å². The molecule has 26 heavy (non-hydrogen) atoms. The fourth-order valence-corrected chi connectivity index (χ4v) is 3.06. The molecule has 0 aliphatic carbocycles. The van der Waals surface area contributed by atoms with Crippen molar-refractivity contribution in [3.8, 4) is 11.3 Å². The molecule has 2 aromatic carbocycles. The van der Waals surface area contributed by atoms with Crippen molar-refractivity contribution < 1.29 is 26.3 Å². The number of aromatic amines is 1. The molecule has 0 radical (unpaired) electrons. The number of nitrogens with one attached hydrogen (secondary N) is 1. The predicted octanol–water partition coefficient (Wildman–Crippen LogP) is 6.83. The molecule has 0 aliphatic rings. The van der Waals surface area contributed by atoms with E-state index >= 15 is 0 Å². The first kappa shape index (κ1) is 18.4. The number of para-hydroxylation sites is 1. The lowest BCUT2D eigenvalue weighted by Crippen LogP contribution is -2.11. The highest BCUT2D eigenvalue weighted by Gasteiger charge is 2.37. The summed E-state index contributed by atoms with van der Waals surface area (Å²) in [5.74, 6) is 0. The van der Waals surface area contributed by atoms with E-state index in [0.717, 1.165) is 23.1 Å². The van der Waals surface area contributed by atoms with Crippen molar-refractivity contribution in [2.75, 3.05) is 0 Å². The van der Waals surface area contributed by atoms with E-state index in [1.807, 2.05) is 6.92 Å². The molecule has 0 amide bonds. The highest BCUT2D eigenvalue weighted by Crippen LogP contribution is 2.40. The Hall–Kier alpha value is -2.44. The average Bonchev–Trinajstić information content (AvgIpc) is 2.92. The van der Waals surface area contributed by atoms with Crippen molar-refractivity contribution in [3.05, 3.63) is 59.2 Å². The van der Waals surface area contributed by atoms with Crippen LogP contribution in [0, 0.1) is 0 Å². The van der Waals surface area contributed by atoms with Crippen LogP contribution in [0.4, 0.5) is 26.3 Å². The van der Waals surface area contributed by atoms with Gasteiger partial charge in [0.25, 0.3) is 0 Å². The molecule has 0 unspecified atom stereocenters. The first-order valence-corrected chi connectivity index (χ1v) is 8.00. The Balaban J connectivity index is 2.29. The highest BCUT2D eigenvalue weighted by atomic mass is 19.4. The van der Waals surface area contributed by atoms with Crippen LogP contribution in [0.3, 0.4) is 0 Å². The highest BCUT2D eigenvalue weighted by molar-refractivity contribution is 5.91. The lowest BCUT2D eigenvalue weighted by atomic mass is 9.98. The van der Waals surface area contributed by atoms with Crippen LogP contribution < -0.4 is 0 Å². The Morgan fingerprint density at radius 1 is 0.846 bits per heavy atom. The van der Waals surface area contributed by atoms with E-state index in [2.05, 4.69) is 4.98 Å². The molecule has 7 heteroatoms. The van der Waals surface area contributed by atoms with Gasteiger partial charge in [0.15, 0.2) is 0 Å². The van der Waals surface area contributed by atoms with Gasteiger partial charge in [0.05, 0.1) is 11.1 Å². The number of rotatable bonds is 3. The van der Waals surface area contributed by atoms with Gasteiger partial charge in [0.2, 0.25) is 0 Å². The second-order valence-electron chi connectivity index (χ2n) is 6.07. The van der Waals surface area contributed by atoms with Gasteiger partial charge >= 0.3 is 12.4 Å². The number of hydrogen-bond acceptors (Lipinski definition) is 0. The molecular formula is C19H15F6N. The summed E-state index contributed by atoms with van der Waals surface area (Å²) in [5, 5.41) is 0.801. The van der Waals surface area contributed by atoms with Gasteiger partial charge in [-0.15, -0.1) is 0 Å². The maximum Gasteiger partial charge on any atom is 0.416 e. The van der Waals surface area contributed by atoms with Crippen molar-refractivity contribution >= 4 is 10.9 Å². The smallest absolute Gasteiger partial charge is 0.354 e. The van der Waals surface area contributed by atoms with Crippen molar-refractivity contribution in [2.45, 2.75) is 32.1 Å². The van der Waals surface area contributed by atoms with Crippen molar-refractivity contribution in [2.24, 2.45) is 0 Å². The number of H-pyrrole nitrogens is 1. The minimum atomic E-state index is -4.87. The van der Waals surface area contributed by atoms with Gasteiger partial charge < -0.3 is 4.98 Å². The van der Waals surface area contributed by atoms with E-state index < -0.39 is 23.5 Å². The molecule has 1 N–H and O–H groups in total. The van der Waals surface area contributed by atoms with Gasteiger partial charge in [-0.05, 0) is 41.8 Å². The molecule has 3 aromatic rings. The first-order chi connectivity index (χ1) is 12.1. The van der Waals surface area contributed by atoms with Gasteiger partial charge in [-0.1, -0.05) is 31.5 Å². The zero-order valence-electron chi connectivity index (χ0n) is 13.7. The molecule has 0 saturated carbocycles.